The Morgan fingerprint density at radius 1 is 1.12 bits per heavy atom. The van der Waals surface area contributed by atoms with E-state index in [0.29, 0.717) is 0 Å². The van der Waals surface area contributed by atoms with Gasteiger partial charge in [0.1, 0.15) is 0 Å². The number of aryl methyl sites for hydroxylation is 1. The van der Waals surface area contributed by atoms with Crippen LogP contribution in [0.4, 0.5) is 17.5 Å². The van der Waals surface area contributed by atoms with Crippen LogP contribution in [0.3, 0.4) is 0 Å². The van der Waals surface area contributed by atoms with E-state index >= 15 is 0 Å². The predicted octanol–water partition coefficient (Wildman–Crippen LogP) is 4.65. The summed E-state index contributed by atoms with van der Waals surface area (Å²) < 4.78 is 1.04. The lowest BCUT2D eigenvalue weighted by Crippen LogP contribution is -2.24. The van der Waals surface area contributed by atoms with Crippen LogP contribution in [0.15, 0.2) is 40.3 Å². The molecule has 0 saturated carbocycles. The predicted molar refractivity (Wildman–Crippen MR) is 108 cm³/mol. The molecule has 0 aliphatic carbocycles. The minimum absolute atomic E-state index is 0.831. The molecule has 0 unspecified atom stereocenters. The molecule has 2 aliphatic rings. The summed E-state index contributed by atoms with van der Waals surface area (Å²) in [5.74, 6) is 2.72. The second kappa shape index (κ2) is 7.25. The molecule has 0 atom stereocenters. The monoisotopic (exact) mass is 371 g/mol. The van der Waals surface area contributed by atoms with Crippen LogP contribution in [-0.4, -0.2) is 33.2 Å². The fourth-order valence-corrected chi connectivity index (χ4v) is 4.96. The molecule has 2 aliphatic heterocycles. The quantitative estimate of drug-likeness (QED) is 0.782. The Bertz CT molecular complexity index is 788. The van der Waals surface area contributed by atoms with Gasteiger partial charge in [0.25, 0.3) is 0 Å². The maximum Gasteiger partial charge on any atom is 0.227 e. The van der Waals surface area contributed by atoms with Gasteiger partial charge in [0.05, 0.1) is 16.3 Å². The van der Waals surface area contributed by atoms with Crippen LogP contribution < -0.4 is 9.91 Å². The molecule has 7 heteroatoms. The van der Waals surface area contributed by atoms with Crippen molar-refractivity contribution in [1.82, 2.24) is 9.97 Å². The number of anilines is 3. The molecular weight excluding hydrogens is 350 g/mol. The summed E-state index contributed by atoms with van der Waals surface area (Å²) in [5, 5.41) is 6.83. The molecular formula is C18H21N5S2. The van der Waals surface area contributed by atoms with Crippen LogP contribution in [0.5, 0.6) is 0 Å². The number of nitrogens with zero attached hydrogens (tertiary/aromatic N) is 5. The van der Waals surface area contributed by atoms with Crippen molar-refractivity contribution in [1.29, 1.82) is 0 Å². The second-order valence-electron chi connectivity index (χ2n) is 6.00. The Kier molecular flexibility index (Phi) is 4.85. The molecule has 25 heavy (non-hydrogen) atoms. The van der Waals surface area contributed by atoms with Crippen LogP contribution >= 0.6 is 23.5 Å². The van der Waals surface area contributed by atoms with Gasteiger partial charge in [0.2, 0.25) is 5.95 Å². The molecule has 3 heterocycles. The van der Waals surface area contributed by atoms with E-state index in [1.165, 1.54) is 12.8 Å². The lowest BCUT2D eigenvalue weighted by molar-refractivity contribution is 0.858. The molecule has 0 bridgehead atoms. The first kappa shape index (κ1) is 16.7. The molecule has 130 valence electrons. The highest BCUT2D eigenvalue weighted by Crippen LogP contribution is 2.43. The van der Waals surface area contributed by atoms with E-state index in [9.17, 15) is 0 Å². The van der Waals surface area contributed by atoms with E-state index in [1.807, 2.05) is 23.2 Å². The smallest absolute Gasteiger partial charge is 0.227 e. The fraction of sp³-hybridized carbons (Fsp3) is 0.389. The topological polar surface area (TPSA) is 44.6 Å². The Labute approximate surface area is 156 Å². The number of rotatable bonds is 3. The molecule has 4 rings (SSSR count). The molecule has 1 fully saturated rings. The zero-order valence-electron chi connectivity index (χ0n) is 14.5. The molecule has 0 spiro atoms. The Morgan fingerprint density at radius 2 is 1.88 bits per heavy atom. The number of benzene rings is 1. The van der Waals surface area contributed by atoms with Gasteiger partial charge in [-0.1, -0.05) is 48.6 Å². The van der Waals surface area contributed by atoms with Gasteiger partial charge in [-0.2, -0.15) is 10.1 Å². The van der Waals surface area contributed by atoms with Gasteiger partial charge in [-0.05, 0) is 37.7 Å². The summed E-state index contributed by atoms with van der Waals surface area (Å²) in [6.07, 6.45) is 2.43. The van der Waals surface area contributed by atoms with Crippen molar-refractivity contribution < 1.29 is 0 Å². The van der Waals surface area contributed by atoms with Crippen LogP contribution in [0, 0.1) is 6.92 Å². The fourth-order valence-electron chi connectivity index (χ4n) is 3.02. The summed E-state index contributed by atoms with van der Waals surface area (Å²) >= 11 is 3.44. The Hall–Kier alpha value is -1.73. The zero-order chi connectivity index (χ0) is 17.2. The molecule has 1 aromatic heterocycles. The third-order valence-corrected chi connectivity index (χ3v) is 6.39. The van der Waals surface area contributed by atoms with Crippen molar-refractivity contribution in [2.75, 3.05) is 28.8 Å². The Balaban J connectivity index is 1.81. The van der Waals surface area contributed by atoms with E-state index in [4.69, 9.17) is 15.1 Å². The number of fused-ring (bicyclic) bond motifs is 1. The van der Waals surface area contributed by atoms with Crippen molar-refractivity contribution in [3.8, 4) is 0 Å². The van der Waals surface area contributed by atoms with Gasteiger partial charge in [-0.25, -0.2) is 9.99 Å². The highest BCUT2D eigenvalue weighted by Gasteiger charge is 2.28. The van der Waals surface area contributed by atoms with E-state index in [2.05, 4.69) is 30.9 Å². The van der Waals surface area contributed by atoms with E-state index in [-0.39, 0.29) is 0 Å². The standard InChI is InChI=1S/C18H21N5S2/c1-3-24-18-21-23(14-9-5-4-6-10-14)16-15(25-18)13(2)19-17(20-16)22-11-7-8-12-22/h4-6,9-10H,3,7-8,11-12H2,1-2H3. The average Bonchev–Trinajstić information content (AvgIpc) is 3.17. The SMILES string of the molecule is CCSC1=NN(c2ccccc2)c2nc(N3CCCC3)nc(C)c2S1. The third kappa shape index (κ3) is 3.35. The number of hydrogen-bond acceptors (Lipinski definition) is 7. The normalized spacial score (nSPS) is 16.8. The summed E-state index contributed by atoms with van der Waals surface area (Å²) in [5.41, 5.74) is 2.06. The number of thioether (sulfide) groups is 2. The number of hydrogen-bond donors (Lipinski definition) is 0. The van der Waals surface area contributed by atoms with Crippen molar-refractivity contribution in [3.63, 3.8) is 0 Å². The summed E-state index contributed by atoms with van der Waals surface area (Å²) in [7, 11) is 0. The van der Waals surface area contributed by atoms with Crippen molar-refractivity contribution in [2.24, 2.45) is 5.10 Å². The molecule has 0 amide bonds. The first-order valence-corrected chi connectivity index (χ1v) is 10.4. The van der Waals surface area contributed by atoms with E-state index in [1.54, 1.807) is 23.5 Å². The lowest BCUT2D eigenvalue weighted by Gasteiger charge is -2.28. The van der Waals surface area contributed by atoms with Gasteiger partial charge >= 0.3 is 0 Å². The van der Waals surface area contributed by atoms with Crippen LogP contribution in [0.25, 0.3) is 0 Å². The summed E-state index contributed by atoms with van der Waals surface area (Å²) in [6, 6.07) is 10.2. The van der Waals surface area contributed by atoms with Gasteiger partial charge in [-0.3, -0.25) is 0 Å². The molecule has 1 saturated heterocycles. The maximum atomic E-state index is 4.91. The zero-order valence-corrected chi connectivity index (χ0v) is 16.1. The summed E-state index contributed by atoms with van der Waals surface area (Å²) in [4.78, 5) is 13.1. The Morgan fingerprint density at radius 3 is 2.60 bits per heavy atom. The first-order chi connectivity index (χ1) is 12.3. The first-order valence-electron chi connectivity index (χ1n) is 8.64. The lowest BCUT2D eigenvalue weighted by atomic mass is 10.3. The molecule has 1 aromatic carbocycles. The van der Waals surface area contributed by atoms with E-state index < -0.39 is 0 Å². The highest BCUT2D eigenvalue weighted by molar-refractivity contribution is 8.39. The number of hydrazone groups is 1. The minimum atomic E-state index is 0.831. The second-order valence-corrected chi connectivity index (χ2v) is 8.51. The summed E-state index contributed by atoms with van der Waals surface area (Å²) in [6.45, 7) is 6.31. The van der Waals surface area contributed by atoms with Crippen molar-refractivity contribution >= 4 is 45.4 Å². The molecule has 0 N–H and O–H groups in total. The van der Waals surface area contributed by atoms with E-state index in [0.717, 1.165) is 51.3 Å². The van der Waals surface area contributed by atoms with Crippen molar-refractivity contribution in [3.05, 3.63) is 36.0 Å². The van der Waals surface area contributed by atoms with Crippen LogP contribution in [-0.2, 0) is 0 Å². The number of para-hydroxylation sites is 1. The van der Waals surface area contributed by atoms with Gasteiger partial charge < -0.3 is 4.90 Å². The van der Waals surface area contributed by atoms with Gasteiger partial charge in [0, 0.05) is 13.1 Å². The van der Waals surface area contributed by atoms with Crippen LogP contribution in [0.2, 0.25) is 0 Å². The van der Waals surface area contributed by atoms with Crippen molar-refractivity contribution in [2.45, 2.75) is 31.6 Å². The van der Waals surface area contributed by atoms with Gasteiger partial charge in [0.15, 0.2) is 10.2 Å². The maximum absolute atomic E-state index is 4.91. The number of aromatic nitrogens is 2. The molecule has 0 radical (unpaired) electrons. The largest absolute Gasteiger partial charge is 0.341 e. The third-order valence-electron chi connectivity index (χ3n) is 4.23. The molecule has 5 nitrogen and oxygen atoms in total. The van der Waals surface area contributed by atoms with Gasteiger partial charge in [-0.15, -0.1) is 0 Å². The highest BCUT2D eigenvalue weighted by atomic mass is 32.2. The molecule has 2 aromatic rings. The average molecular weight is 372 g/mol. The minimum Gasteiger partial charge on any atom is -0.341 e. The van der Waals surface area contributed by atoms with Crippen LogP contribution in [0.1, 0.15) is 25.5 Å².